The molecule has 0 radical (unpaired) electrons. The quantitative estimate of drug-likeness (QED) is 0.750. The van der Waals surface area contributed by atoms with Crippen molar-refractivity contribution in [2.45, 2.75) is 33.7 Å². The van der Waals surface area contributed by atoms with Gasteiger partial charge < -0.3 is 10.4 Å². The van der Waals surface area contributed by atoms with Crippen molar-refractivity contribution in [3.63, 3.8) is 0 Å². The average Bonchev–Trinajstić information content (AvgIpc) is 2.98. The smallest absolute Gasteiger partial charge is 0.138 e. The van der Waals surface area contributed by atoms with E-state index in [-0.39, 0.29) is 5.75 Å². The summed E-state index contributed by atoms with van der Waals surface area (Å²) in [6.07, 6.45) is 2.68. The van der Waals surface area contributed by atoms with Gasteiger partial charge in [-0.25, -0.2) is 4.68 Å². The Balaban J connectivity index is 1.87. The lowest BCUT2D eigenvalue weighted by atomic mass is 10.2. The first kappa shape index (κ1) is 16.1. The van der Waals surface area contributed by atoms with Gasteiger partial charge in [0, 0.05) is 5.69 Å². The van der Waals surface area contributed by atoms with E-state index in [4.69, 9.17) is 0 Å². The Morgan fingerprint density at radius 1 is 1.12 bits per heavy atom. The van der Waals surface area contributed by atoms with Crippen molar-refractivity contribution in [2.75, 3.05) is 5.32 Å². The maximum absolute atomic E-state index is 9.94. The van der Waals surface area contributed by atoms with Crippen LogP contribution in [0.25, 0.3) is 5.69 Å². The number of rotatable bonds is 5. The van der Waals surface area contributed by atoms with Gasteiger partial charge in [0.2, 0.25) is 0 Å². The molecule has 0 amide bonds. The molecular weight excluding hydrogens is 300 g/mol. The normalized spacial score (nSPS) is 10.8. The Morgan fingerprint density at radius 2 is 1.92 bits per heavy atom. The molecule has 3 rings (SSSR count). The first-order valence-corrected chi connectivity index (χ1v) is 8.12. The lowest BCUT2D eigenvalue weighted by Gasteiger charge is -2.12. The van der Waals surface area contributed by atoms with Gasteiger partial charge in [-0.2, -0.15) is 5.10 Å². The molecule has 0 aliphatic carbocycles. The molecular formula is C19H22N4O. The number of aromatic hydroxyl groups is 1. The highest BCUT2D eigenvalue weighted by atomic mass is 16.3. The van der Waals surface area contributed by atoms with Crippen molar-refractivity contribution in [1.29, 1.82) is 0 Å². The van der Waals surface area contributed by atoms with Gasteiger partial charge in [-0.1, -0.05) is 25.1 Å². The minimum atomic E-state index is 0.206. The summed E-state index contributed by atoms with van der Waals surface area (Å²) in [5.74, 6) is 0.206. The maximum Gasteiger partial charge on any atom is 0.138 e. The van der Waals surface area contributed by atoms with Gasteiger partial charge in [-0.05, 0) is 44.0 Å². The fourth-order valence-corrected chi connectivity index (χ4v) is 2.78. The lowest BCUT2D eigenvalue weighted by molar-refractivity contribution is 0.464. The van der Waals surface area contributed by atoms with Crippen LogP contribution in [0, 0.1) is 13.8 Å². The predicted molar refractivity (Wildman–Crippen MR) is 95.6 cm³/mol. The molecule has 1 aromatic carbocycles. The van der Waals surface area contributed by atoms with Crippen LogP contribution >= 0.6 is 0 Å². The minimum Gasteiger partial charge on any atom is -0.506 e. The number of aromatic nitrogens is 3. The number of anilines is 1. The van der Waals surface area contributed by atoms with Crippen molar-refractivity contribution in [2.24, 2.45) is 0 Å². The molecule has 0 spiro atoms. The largest absolute Gasteiger partial charge is 0.506 e. The van der Waals surface area contributed by atoms with Crippen molar-refractivity contribution in [1.82, 2.24) is 14.8 Å². The third-order valence-corrected chi connectivity index (χ3v) is 4.08. The van der Waals surface area contributed by atoms with Crippen LogP contribution < -0.4 is 5.32 Å². The second kappa shape index (κ2) is 6.74. The summed E-state index contributed by atoms with van der Waals surface area (Å²) in [4.78, 5) is 4.38. The van der Waals surface area contributed by atoms with Crippen LogP contribution in [0.3, 0.4) is 0 Å². The molecule has 2 heterocycles. The molecule has 0 bridgehead atoms. The molecule has 0 atom stereocenters. The van der Waals surface area contributed by atoms with Crippen molar-refractivity contribution >= 4 is 5.69 Å². The van der Waals surface area contributed by atoms with Gasteiger partial charge in [0.05, 0.1) is 29.8 Å². The molecule has 0 saturated heterocycles. The van der Waals surface area contributed by atoms with E-state index in [9.17, 15) is 5.11 Å². The Bertz CT molecular complexity index is 854. The Hall–Kier alpha value is -2.82. The number of benzene rings is 1. The van der Waals surface area contributed by atoms with Gasteiger partial charge in [0.1, 0.15) is 11.4 Å². The van der Waals surface area contributed by atoms with E-state index in [1.165, 1.54) is 5.56 Å². The standard InChI is InChI=1S/C19H22N4O/c1-4-17-15(20-11-16-19(24)10-9-14(3)22-16)12-21-23(17)18-8-6-5-7-13(18)2/h5-10,12,20,24H,4,11H2,1-3H3. The zero-order chi connectivity index (χ0) is 17.1. The van der Waals surface area contributed by atoms with Crippen molar-refractivity contribution in [3.8, 4) is 11.4 Å². The molecule has 2 aromatic heterocycles. The summed E-state index contributed by atoms with van der Waals surface area (Å²) in [6, 6.07) is 11.7. The highest BCUT2D eigenvalue weighted by Gasteiger charge is 2.13. The lowest BCUT2D eigenvalue weighted by Crippen LogP contribution is -2.07. The van der Waals surface area contributed by atoms with Gasteiger partial charge in [-0.3, -0.25) is 4.98 Å². The SMILES string of the molecule is CCc1c(NCc2nc(C)ccc2O)cnn1-c1ccccc1C. The predicted octanol–water partition coefficient (Wildman–Crippen LogP) is 3.76. The first-order valence-electron chi connectivity index (χ1n) is 8.12. The van der Waals surface area contributed by atoms with Crippen molar-refractivity contribution < 1.29 is 5.11 Å². The summed E-state index contributed by atoms with van der Waals surface area (Å²) < 4.78 is 1.97. The first-order chi connectivity index (χ1) is 11.6. The zero-order valence-corrected chi connectivity index (χ0v) is 14.2. The summed E-state index contributed by atoms with van der Waals surface area (Å²) in [6.45, 7) is 6.56. The van der Waals surface area contributed by atoms with E-state index < -0.39 is 0 Å². The molecule has 2 N–H and O–H groups in total. The van der Waals surface area contributed by atoms with Crippen LogP contribution in [0.15, 0.2) is 42.6 Å². The molecule has 0 fully saturated rings. The summed E-state index contributed by atoms with van der Waals surface area (Å²) in [5.41, 5.74) is 5.86. The van der Waals surface area contributed by atoms with Crippen LogP contribution in [-0.4, -0.2) is 19.9 Å². The summed E-state index contributed by atoms with van der Waals surface area (Å²) in [5, 5.41) is 17.8. The second-order valence-corrected chi connectivity index (χ2v) is 5.83. The van der Waals surface area contributed by atoms with E-state index in [2.05, 4.69) is 41.4 Å². The Morgan fingerprint density at radius 3 is 2.67 bits per heavy atom. The number of aryl methyl sites for hydroxylation is 2. The molecule has 124 valence electrons. The zero-order valence-electron chi connectivity index (χ0n) is 14.2. The summed E-state index contributed by atoms with van der Waals surface area (Å²) in [7, 11) is 0. The Labute approximate surface area is 142 Å². The number of nitrogens with one attached hydrogen (secondary N) is 1. The van der Waals surface area contributed by atoms with Gasteiger partial charge >= 0.3 is 0 Å². The molecule has 24 heavy (non-hydrogen) atoms. The molecule has 0 unspecified atom stereocenters. The topological polar surface area (TPSA) is 63.0 Å². The second-order valence-electron chi connectivity index (χ2n) is 5.83. The fraction of sp³-hybridized carbons (Fsp3) is 0.263. The number of nitrogens with zero attached hydrogens (tertiary/aromatic N) is 3. The van der Waals surface area contributed by atoms with E-state index in [0.717, 1.165) is 29.2 Å². The number of hydrogen-bond donors (Lipinski definition) is 2. The fourth-order valence-electron chi connectivity index (χ4n) is 2.78. The molecule has 5 heteroatoms. The minimum absolute atomic E-state index is 0.206. The van der Waals surface area contributed by atoms with Gasteiger partial charge in [-0.15, -0.1) is 0 Å². The number of hydrogen-bond acceptors (Lipinski definition) is 4. The van der Waals surface area contributed by atoms with Crippen LogP contribution in [0.5, 0.6) is 5.75 Å². The third-order valence-electron chi connectivity index (χ3n) is 4.08. The molecule has 0 saturated carbocycles. The average molecular weight is 322 g/mol. The summed E-state index contributed by atoms with van der Waals surface area (Å²) >= 11 is 0. The Kier molecular flexibility index (Phi) is 4.51. The number of pyridine rings is 1. The third kappa shape index (κ3) is 3.11. The van der Waals surface area contributed by atoms with E-state index in [1.807, 2.05) is 29.9 Å². The monoisotopic (exact) mass is 322 g/mol. The molecule has 0 aliphatic heterocycles. The highest BCUT2D eigenvalue weighted by Crippen LogP contribution is 2.23. The number of para-hydroxylation sites is 1. The molecule has 5 nitrogen and oxygen atoms in total. The van der Waals surface area contributed by atoms with E-state index >= 15 is 0 Å². The van der Waals surface area contributed by atoms with E-state index in [1.54, 1.807) is 12.1 Å². The van der Waals surface area contributed by atoms with Crippen LogP contribution in [0.1, 0.15) is 29.6 Å². The van der Waals surface area contributed by atoms with Crippen LogP contribution in [0.4, 0.5) is 5.69 Å². The molecule has 3 aromatic rings. The van der Waals surface area contributed by atoms with E-state index in [0.29, 0.717) is 12.2 Å². The maximum atomic E-state index is 9.94. The van der Waals surface area contributed by atoms with Crippen molar-refractivity contribution in [3.05, 3.63) is 65.2 Å². The highest BCUT2D eigenvalue weighted by molar-refractivity contribution is 5.52. The van der Waals surface area contributed by atoms with Gasteiger partial charge in [0.25, 0.3) is 0 Å². The van der Waals surface area contributed by atoms with Gasteiger partial charge in [0.15, 0.2) is 0 Å². The van der Waals surface area contributed by atoms with Crippen LogP contribution in [0.2, 0.25) is 0 Å². The molecule has 0 aliphatic rings. The van der Waals surface area contributed by atoms with Crippen LogP contribution in [-0.2, 0) is 13.0 Å².